The van der Waals surface area contributed by atoms with Gasteiger partial charge in [0.25, 0.3) is 0 Å². The van der Waals surface area contributed by atoms with Crippen molar-refractivity contribution in [2.75, 3.05) is 0 Å². The zero-order chi connectivity index (χ0) is 12.0. The summed E-state index contributed by atoms with van der Waals surface area (Å²) >= 11 is 0. The monoisotopic (exact) mass is 348 g/mol. The van der Waals surface area contributed by atoms with Gasteiger partial charge in [-0.3, -0.25) is 0 Å². The molecule has 0 fully saturated rings. The summed E-state index contributed by atoms with van der Waals surface area (Å²) in [4.78, 5) is 0. The van der Waals surface area contributed by atoms with Crippen molar-refractivity contribution >= 4 is 0 Å². The van der Waals surface area contributed by atoms with E-state index in [-0.39, 0.29) is 58.4 Å². The molecule has 0 aliphatic carbocycles. The van der Waals surface area contributed by atoms with E-state index in [1.165, 1.54) is 0 Å². The molecule has 6 nitrogen and oxygen atoms in total. The van der Waals surface area contributed by atoms with Crippen LogP contribution in [0.4, 0.5) is 0 Å². The zero-order valence-corrected chi connectivity index (χ0v) is 16.7. The van der Waals surface area contributed by atoms with E-state index in [0.717, 1.165) is 0 Å². The van der Waals surface area contributed by atoms with Gasteiger partial charge in [0, 0.05) is 0 Å². The maximum absolute atomic E-state index is 6.25. The third kappa shape index (κ3) is 1060. The average molecular weight is 352 g/mol. The Morgan fingerprint density at radius 2 is 0.267 bits per heavy atom. The normalized spacial score (nSPS) is 0.800. The van der Waals surface area contributed by atoms with Gasteiger partial charge in [0.2, 0.25) is 0 Å². The van der Waals surface area contributed by atoms with Crippen LogP contribution in [0, 0.1) is 71.0 Å². The van der Waals surface area contributed by atoms with Crippen molar-refractivity contribution in [1.29, 1.82) is 31.6 Å². The predicted molar refractivity (Wildman–Crippen MR) is 29.8 cm³/mol. The van der Waals surface area contributed by atoms with Gasteiger partial charge in [-0.1, -0.05) is 0 Å². The minimum atomic E-state index is 0. The predicted octanol–water partition coefficient (Wildman–Crippen LogP) is 0.571. The molecule has 0 aromatic carbocycles. The Kier molecular flexibility index (Phi) is 8240. The Bertz CT molecular complexity index is 97.9. The molecule has 9 heteroatoms. The minimum Gasteiger partial charge on any atom is -0.512 e. The molecular formula is C6N6Zn3. The van der Waals surface area contributed by atoms with Crippen LogP contribution < -0.4 is 0 Å². The van der Waals surface area contributed by atoms with Gasteiger partial charge >= 0.3 is 58.4 Å². The van der Waals surface area contributed by atoms with E-state index >= 15 is 0 Å². The summed E-state index contributed by atoms with van der Waals surface area (Å²) in [5.74, 6) is 0. The molecule has 0 spiro atoms. The Balaban J connectivity index is -0.00000000396. The van der Waals surface area contributed by atoms with Gasteiger partial charge in [0.05, 0.1) is 0 Å². The summed E-state index contributed by atoms with van der Waals surface area (Å²) in [5, 5.41) is 37.5. The van der Waals surface area contributed by atoms with Crippen molar-refractivity contribution in [3.8, 4) is 0 Å². The molecule has 0 unspecified atom stereocenters. The third-order valence-corrected chi connectivity index (χ3v) is 0. The topological polar surface area (TPSA) is 143 Å². The molecule has 60 valence electrons. The smallest absolute Gasteiger partial charge is 0.512 e. The van der Waals surface area contributed by atoms with Crippen LogP contribution in [0.1, 0.15) is 0 Å². The summed E-state index contributed by atoms with van der Waals surface area (Å²) in [5.41, 5.74) is 0. The molecule has 0 aliphatic heterocycles. The molecule has 0 saturated heterocycles. The van der Waals surface area contributed by atoms with E-state index in [1.807, 2.05) is 0 Å². The Hall–Kier alpha value is -1.19. The summed E-state index contributed by atoms with van der Waals surface area (Å²) in [6.45, 7) is 28.5. The number of hydrogen-bond acceptors (Lipinski definition) is 6. The van der Waals surface area contributed by atoms with Crippen molar-refractivity contribution in [1.82, 2.24) is 0 Å². The molecule has 15 heavy (non-hydrogen) atoms. The molecule has 0 aliphatic rings. The maximum atomic E-state index is 6.25. The second-order valence-electron chi connectivity index (χ2n) is 0. The first-order valence-corrected chi connectivity index (χ1v) is 1.34. The van der Waals surface area contributed by atoms with Gasteiger partial charge < -0.3 is 71.0 Å². The second kappa shape index (κ2) is 1260. The summed E-state index contributed by atoms with van der Waals surface area (Å²) < 4.78 is 0. The summed E-state index contributed by atoms with van der Waals surface area (Å²) in [6, 6.07) is 0. The van der Waals surface area contributed by atoms with Crippen molar-refractivity contribution < 1.29 is 58.4 Å². The SMILES string of the molecule is [C-]#N.[C-]#N.[C-]#N.[C-]#N.[C-]#N.[C-]#N.[Zn+2].[Zn+2].[Zn+2]. The summed E-state index contributed by atoms with van der Waals surface area (Å²) in [6.07, 6.45) is 0. The van der Waals surface area contributed by atoms with Gasteiger partial charge in [-0.15, -0.1) is 0 Å². The molecule has 0 bridgehead atoms. The van der Waals surface area contributed by atoms with Crippen molar-refractivity contribution in [2.45, 2.75) is 0 Å². The Morgan fingerprint density at radius 1 is 0.267 bits per heavy atom. The molecule has 0 saturated carbocycles. The first-order valence-electron chi connectivity index (χ1n) is 1.34. The van der Waals surface area contributed by atoms with Crippen LogP contribution in [0.5, 0.6) is 0 Å². The van der Waals surface area contributed by atoms with Crippen LogP contribution in [0.3, 0.4) is 0 Å². The fourth-order valence-corrected chi connectivity index (χ4v) is 0. The van der Waals surface area contributed by atoms with Gasteiger partial charge in [-0.2, -0.15) is 0 Å². The van der Waals surface area contributed by atoms with Crippen LogP contribution in [-0.2, 0) is 58.4 Å². The van der Waals surface area contributed by atoms with E-state index in [0.29, 0.717) is 0 Å². The molecule has 0 radical (unpaired) electrons. The fraction of sp³-hybridized carbons (Fsp3) is 0. The van der Waals surface area contributed by atoms with Crippen LogP contribution in [0.2, 0.25) is 0 Å². The average Bonchev–Trinajstić information content (AvgIpc) is 2.33. The first kappa shape index (κ1) is 97.9. The van der Waals surface area contributed by atoms with Gasteiger partial charge in [-0.25, -0.2) is 0 Å². The Labute approximate surface area is 129 Å². The van der Waals surface area contributed by atoms with Gasteiger partial charge in [0.15, 0.2) is 0 Å². The quantitative estimate of drug-likeness (QED) is 0.460. The molecule has 0 atom stereocenters. The molecule has 0 amide bonds. The minimum absolute atomic E-state index is 0. The molecule has 0 aromatic rings. The van der Waals surface area contributed by atoms with E-state index in [4.69, 9.17) is 71.0 Å². The fourth-order valence-electron chi connectivity index (χ4n) is 0. The first-order chi connectivity index (χ1) is 6.00. The van der Waals surface area contributed by atoms with E-state index in [1.54, 1.807) is 0 Å². The number of nitrogens with zero attached hydrogens (tertiary/aromatic N) is 6. The van der Waals surface area contributed by atoms with E-state index in [9.17, 15) is 0 Å². The van der Waals surface area contributed by atoms with E-state index < -0.39 is 0 Å². The van der Waals surface area contributed by atoms with Crippen molar-refractivity contribution in [2.24, 2.45) is 0 Å². The van der Waals surface area contributed by atoms with Gasteiger partial charge in [-0.05, 0) is 0 Å². The number of rotatable bonds is 0. The standard InChI is InChI=1S/6CN.3Zn/c6*1-2;;;/q6*-1;3*+2. The molecule has 0 heterocycles. The zero-order valence-electron chi connectivity index (χ0n) is 7.80. The van der Waals surface area contributed by atoms with E-state index in [2.05, 4.69) is 0 Å². The Morgan fingerprint density at radius 3 is 0.267 bits per heavy atom. The van der Waals surface area contributed by atoms with Crippen LogP contribution in [0.25, 0.3) is 0 Å². The maximum Gasteiger partial charge on any atom is 2.00 e. The van der Waals surface area contributed by atoms with Crippen molar-refractivity contribution in [3.05, 3.63) is 39.4 Å². The van der Waals surface area contributed by atoms with Crippen LogP contribution in [-0.4, -0.2) is 0 Å². The molecule has 0 N–H and O–H groups in total. The summed E-state index contributed by atoms with van der Waals surface area (Å²) in [7, 11) is 0. The molecule has 0 rings (SSSR count). The second-order valence-corrected chi connectivity index (χ2v) is 0. The van der Waals surface area contributed by atoms with Gasteiger partial charge in [0.1, 0.15) is 0 Å². The molecular weight excluding hydrogens is 352 g/mol. The molecule has 0 aromatic heterocycles. The largest absolute Gasteiger partial charge is 2.00 e. The van der Waals surface area contributed by atoms with Crippen molar-refractivity contribution in [3.63, 3.8) is 0 Å². The van der Waals surface area contributed by atoms with Crippen LogP contribution >= 0.6 is 0 Å². The number of hydrogen-bond donors (Lipinski definition) is 0. The van der Waals surface area contributed by atoms with Crippen LogP contribution in [0.15, 0.2) is 0 Å². The third-order valence-electron chi connectivity index (χ3n) is 0.